The Hall–Kier alpha value is -2.02. The van der Waals surface area contributed by atoms with Crippen LogP contribution in [0.4, 0.5) is 5.69 Å². The fraction of sp³-hybridized carbons (Fsp3) is 0.438. The molecule has 2 amide bonds. The lowest BCUT2D eigenvalue weighted by Crippen LogP contribution is -2.29. The molecule has 6 nitrogen and oxygen atoms in total. The number of ether oxygens (including phenoxy) is 1. The van der Waals surface area contributed by atoms with Gasteiger partial charge in [-0.15, -0.1) is 0 Å². The maximum atomic E-state index is 12.2. The van der Waals surface area contributed by atoms with Gasteiger partial charge in [0.1, 0.15) is 11.0 Å². The summed E-state index contributed by atoms with van der Waals surface area (Å²) in [6.45, 7) is 5.86. The molecule has 124 valence electrons. The lowest BCUT2D eigenvalue weighted by molar-refractivity contribution is -0.122. The predicted octanol–water partition coefficient (Wildman–Crippen LogP) is 2.41. The lowest BCUT2D eigenvalue weighted by Gasteiger charge is -2.12. The first kappa shape index (κ1) is 17.3. The molecule has 0 unspecified atom stereocenters. The van der Waals surface area contributed by atoms with Crippen LogP contribution in [0.25, 0.3) is 0 Å². The van der Waals surface area contributed by atoms with Crippen molar-refractivity contribution in [2.75, 3.05) is 12.4 Å². The van der Waals surface area contributed by atoms with Crippen LogP contribution in [0, 0.1) is 0 Å². The van der Waals surface area contributed by atoms with E-state index in [1.165, 1.54) is 11.8 Å². The Labute approximate surface area is 140 Å². The highest BCUT2D eigenvalue weighted by atomic mass is 32.2. The second kappa shape index (κ2) is 7.04. The molecular formula is C16H21N3O3S. The van der Waals surface area contributed by atoms with Crippen molar-refractivity contribution in [3.8, 4) is 5.75 Å². The topological polar surface area (TPSA) is 79.8 Å². The van der Waals surface area contributed by atoms with E-state index < -0.39 is 5.25 Å². The fourth-order valence-corrected chi connectivity index (χ4v) is 3.17. The molecule has 2 rings (SSSR count). The zero-order chi connectivity index (χ0) is 17.0. The number of nitrogens with zero attached hydrogens (tertiary/aromatic N) is 1. The number of methoxy groups -OCH3 is 1. The SMILES string of the molecule is COc1ccccc1NC(=O)C[C@@H]1SC(=NC(C)(C)C)NC1=O. The Kier molecular flexibility index (Phi) is 5.30. The molecule has 1 aliphatic heterocycles. The van der Waals surface area contributed by atoms with Crippen LogP contribution < -0.4 is 15.4 Å². The highest BCUT2D eigenvalue weighted by molar-refractivity contribution is 8.15. The number of nitrogens with one attached hydrogen (secondary N) is 2. The summed E-state index contributed by atoms with van der Waals surface area (Å²) in [7, 11) is 1.54. The Morgan fingerprint density at radius 3 is 2.74 bits per heavy atom. The van der Waals surface area contributed by atoms with Gasteiger partial charge >= 0.3 is 0 Å². The summed E-state index contributed by atoms with van der Waals surface area (Å²) in [5, 5.41) is 5.60. The van der Waals surface area contributed by atoms with Crippen LogP contribution in [0.15, 0.2) is 29.3 Å². The van der Waals surface area contributed by atoms with Crippen molar-refractivity contribution in [2.45, 2.75) is 38.0 Å². The van der Waals surface area contributed by atoms with E-state index in [1.807, 2.05) is 32.9 Å². The fourth-order valence-electron chi connectivity index (χ4n) is 2.01. The van der Waals surface area contributed by atoms with Crippen LogP contribution in [-0.2, 0) is 9.59 Å². The molecule has 1 atom stereocenters. The molecule has 0 spiro atoms. The second-order valence-corrected chi connectivity index (χ2v) is 7.33. The molecule has 1 aliphatic rings. The molecule has 2 N–H and O–H groups in total. The van der Waals surface area contributed by atoms with Crippen LogP contribution in [-0.4, -0.2) is 34.9 Å². The number of para-hydroxylation sites is 2. The van der Waals surface area contributed by atoms with Gasteiger partial charge in [0.15, 0.2) is 5.17 Å². The van der Waals surface area contributed by atoms with Crippen LogP contribution in [0.3, 0.4) is 0 Å². The first-order valence-electron chi connectivity index (χ1n) is 7.29. The van der Waals surface area contributed by atoms with Gasteiger partial charge in [0.25, 0.3) is 0 Å². The molecule has 23 heavy (non-hydrogen) atoms. The number of aliphatic imine (C=N–C) groups is 1. The summed E-state index contributed by atoms with van der Waals surface area (Å²) in [6.07, 6.45) is 0.0811. The number of hydrogen-bond acceptors (Lipinski definition) is 5. The van der Waals surface area contributed by atoms with E-state index in [2.05, 4.69) is 15.6 Å². The number of rotatable bonds is 4. The summed E-state index contributed by atoms with van der Waals surface area (Å²) in [6, 6.07) is 7.15. The Morgan fingerprint density at radius 2 is 2.09 bits per heavy atom. The van der Waals surface area contributed by atoms with Crippen LogP contribution in [0.5, 0.6) is 5.75 Å². The summed E-state index contributed by atoms with van der Waals surface area (Å²) >= 11 is 1.29. The maximum absolute atomic E-state index is 12.2. The molecule has 0 bridgehead atoms. The molecular weight excluding hydrogens is 314 g/mol. The van der Waals surface area contributed by atoms with Crippen LogP contribution in [0.2, 0.25) is 0 Å². The van der Waals surface area contributed by atoms with E-state index in [0.717, 1.165) is 0 Å². The molecule has 1 aromatic carbocycles. The highest BCUT2D eigenvalue weighted by Gasteiger charge is 2.33. The number of amides is 2. The summed E-state index contributed by atoms with van der Waals surface area (Å²) in [5.41, 5.74) is 0.316. The minimum Gasteiger partial charge on any atom is -0.495 e. The monoisotopic (exact) mass is 335 g/mol. The summed E-state index contributed by atoms with van der Waals surface area (Å²) < 4.78 is 5.19. The van der Waals surface area contributed by atoms with Crippen molar-refractivity contribution in [2.24, 2.45) is 4.99 Å². The zero-order valence-electron chi connectivity index (χ0n) is 13.7. The Balaban J connectivity index is 1.98. The molecule has 0 aromatic heterocycles. The normalized spacial score (nSPS) is 19.6. The molecule has 1 aromatic rings. The minimum atomic E-state index is -0.467. The van der Waals surface area contributed by atoms with Crippen molar-refractivity contribution in [1.82, 2.24) is 5.32 Å². The van der Waals surface area contributed by atoms with E-state index >= 15 is 0 Å². The lowest BCUT2D eigenvalue weighted by atomic mass is 10.1. The number of benzene rings is 1. The van der Waals surface area contributed by atoms with E-state index in [0.29, 0.717) is 16.6 Å². The second-order valence-electron chi connectivity index (χ2n) is 6.14. The summed E-state index contributed by atoms with van der Waals surface area (Å²) in [5.74, 6) is 0.159. The molecule has 7 heteroatoms. The summed E-state index contributed by atoms with van der Waals surface area (Å²) in [4.78, 5) is 28.6. The van der Waals surface area contributed by atoms with Crippen molar-refractivity contribution >= 4 is 34.4 Å². The number of carbonyl (C=O) groups excluding carboxylic acids is 2. The van der Waals surface area contributed by atoms with Gasteiger partial charge in [0.2, 0.25) is 11.8 Å². The first-order valence-corrected chi connectivity index (χ1v) is 8.17. The van der Waals surface area contributed by atoms with Gasteiger partial charge in [-0.2, -0.15) is 0 Å². The molecule has 0 aliphatic carbocycles. The Bertz CT molecular complexity index is 638. The van der Waals surface area contributed by atoms with E-state index in [1.54, 1.807) is 19.2 Å². The third-order valence-electron chi connectivity index (χ3n) is 2.97. The van der Waals surface area contributed by atoms with E-state index in [-0.39, 0.29) is 23.8 Å². The molecule has 0 saturated carbocycles. The van der Waals surface area contributed by atoms with E-state index in [4.69, 9.17) is 4.74 Å². The number of anilines is 1. The smallest absolute Gasteiger partial charge is 0.240 e. The predicted molar refractivity (Wildman–Crippen MR) is 93.0 cm³/mol. The van der Waals surface area contributed by atoms with Crippen molar-refractivity contribution in [3.63, 3.8) is 0 Å². The van der Waals surface area contributed by atoms with Gasteiger partial charge in [-0.05, 0) is 32.9 Å². The number of thioether (sulfide) groups is 1. The van der Waals surface area contributed by atoms with Gasteiger partial charge in [0.05, 0.1) is 18.3 Å². The molecule has 0 radical (unpaired) electrons. The van der Waals surface area contributed by atoms with Gasteiger partial charge in [-0.1, -0.05) is 23.9 Å². The van der Waals surface area contributed by atoms with Crippen LogP contribution in [0.1, 0.15) is 27.2 Å². The van der Waals surface area contributed by atoms with Gasteiger partial charge < -0.3 is 15.4 Å². The van der Waals surface area contributed by atoms with Gasteiger partial charge in [0, 0.05) is 6.42 Å². The highest BCUT2D eigenvalue weighted by Crippen LogP contribution is 2.27. The average Bonchev–Trinajstić information content (AvgIpc) is 2.76. The third-order valence-corrected chi connectivity index (χ3v) is 4.05. The zero-order valence-corrected chi connectivity index (χ0v) is 14.5. The largest absolute Gasteiger partial charge is 0.495 e. The molecule has 1 fully saturated rings. The molecule has 1 heterocycles. The number of hydrogen-bond donors (Lipinski definition) is 2. The first-order chi connectivity index (χ1) is 10.8. The number of carbonyl (C=O) groups is 2. The molecule has 1 saturated heterocycles. The maximum Gasteiger partial charge on any atom is 0.240 e. The quantitative estimate of drug-likeness (QED) is 0.885. The van der Waals surface area contributed by atoms with Crippen molar-refractivity contribution in [1.29, 1.82) is 0 Å². The Morgan fingerprint density at radius 1 is 1.39 bits per heavy atom. The van der Waals surface area contributed by atoms with Crippen molar-refractivity contribution < 1.29 is 14.3 Å². The van der Waals surface area contributed by atoms with E-state index in [9.17, 15) is 9.59 Å². The van der Waals surface area contributed by atoms with Crippen LogP contribution >= 0.6 is 11.8 Å². The van der Waals surface area contributed by atoms with Gasteiger partial charge in [-0.3, -0.25) is 14.6 Å². The standard InChI is InChI=1S/C16H21N3O3S/c1-16(2,3)19-15-18-14(21)12(23-15)9-13(20)17-10-7-5-6-8-11(10)22-4/h5-8,12H,9H2,1-4H3,(H,17,20)(H,18,19,21)/t12-/m0/s1. The number of amidine groups is 1. The average molecular weight is 335 g/mol. The third kappa shape index (κ3) is 4.99. The minimum absolute atomic E-state index is 0.0811. The van der Waals surface area contributed by atoms with Crippen molar-refractivity contribution in [3.05, 3.63) is 24.3 Å². The van der Waals surface area contributed by atoms with Gasteiger partial charge in [-0.25, -0.2) is 0 Å².